The predicted molar refractivity (Wildman–Crippen MR) is 198 cm³/mol. The highest BCUT2D eigenvalue weighted by Crippen LogP contribution is 2.33. The van der Waals surface area contributed by atoms with E-state index in [1.54, 1.807) is 45.2 Å². The van der Waals surface area contributed by atoms with Crippen LogP contribution in [0.2, 0.25) is 0 Å². The van der Waals surface area contributed by atoms with Gasteiger partial charge in [-0.1, -0.05) is 105 Å². The molecular weight excluding hydrogens is 656 g/mol. The van der Waals surface area contributed by atoms with Crippen LogP contribution in [0.25, 0.3) is 10.9 Å². The van der Waals surface area contributed by atoms with E-state index < -0.39 is 12.2 Å². The van der Waals surface area contributed by atoms with E-state index in [0.29, 0.717) is 25.1 Å². The van der Waals surface area contributed by atoms with Crippen molar-refractivity contribution in [2.75, 3.05) is 20.1 Å². The number of hydrogen-bond acceptors (Lipinski definition) is 7. The standard InChI is InChI=1S/C41H48N6O5/c1-3-4-7-14-30(22-23-38(49)52-34-20-10-6-11-21-34)25-35-40(50)45(27-33-18-12-17-32-19-13-24-42-39(32)33)28-36-46(35)37(48)29-44(2)47(36)41(51)43-26-31-15-8-5-9-16-31/h5-6,8-13,15-21,24,30,35-36H,3-4,7,14,22-23,25-29H2,1-2H3,(H,43,51)/t30?,35-,36?/m0/s1. The van der Waals surface area contributed by atoms with Crippen LogP contribution in [-0.4, -0.2) is 81.0 Å². The molecule has 11 nitrogen and oxygen atoms in total. The van der Waals surface area contributed by atoms with Gasteiger partial charge in [0.25, 0.3) is 0 Å². The predicted octanol–water partition coefficient (Wildman–Crippen LogP) is 6.14. The molecule has 2 aliphatic rings. The Balaban J connectivity index is 1.29. The Kier molecular flexibility index (Phi) is 12.1. The number of carbonyl (C=O) groups is 4. The number of unbranched alkanes of at least 4 members (excludes halogenated alkanes) is 2. The van der Waals surface area contributed by atoms with Gasteiger partial charge < -0.3 is 19.9 Å². The molecule has 0 aliphatic carbocycles. The van der Waals surface area contributed by atoms with E-state index in [9.17, 15) is 19.2 Å². The first-order valence-corrected chi connectivity index (χ1v) is 18.3. The van der Waals surface area contributed by atoms with Gasteiger partial charge in [0, 0.05) is 38.1 Å². The molecule has 2 saturated heterocycles. The maximum absolute atomic E-state index is 14.7. The number of amides is 4. The molecule has 3 atom stereocenters. The first-order chi connectivity index (χ1) is 25.3. The number of nitrogens with zero attached hydrogens (tertiary/aromatic N) is 5. The minimum Gasteiger partial charge on any atom is -0.427 e. The number of pyridine rings is 1. The summed E-state index contributed by atoms with van der Waals surface area (Å²) in [6.07, 6.45) is 5.88. The molecule has 4 amide bonds. The van der Waals surface area contributed by atoms with Crippen LogP contribution in [0.4, 0.5) is 4.79 Å². The first kappa shape index (κ1) is 36.5. The van der Waals surface area contributed by atoms with E-state index in [-0.39, 0.29) is 55.8 Å². The molecule has 11 heteroatoms. The lowest BCUT2D eigenvalue weighted by Crippen LogP contribution is -2.75. The lowest BCUT2D eigenvalue weighted by Gasteiger charge is -2.54. The Morgan fingerprint density at radius 2 is 1.67 bits per heavy atom. The zero-order valence-corrected chi connectivity index (χ0v) is 30.0. The summed E-state index contributed by atoms with van der Waals surface area (Å²) in [5.74, 6) is -0.245. The van der Waals surface area contributed by atoms with Crippen molar-refractivity contribution in [2.24, 2.45) is 5.92 Å². The molecule has 0 spiro atoms. The highest BCUT2D eigenvalue weighted by atomic mass is 16.5. The molecule has 52 heavy (non-hydrogen) atoms. The van der Waals surface area contributed by atoms with E-state index in [2.05, 4.69) is 17.2 Å². The number of aromatic nitrogens is 1. The summed E-state index contributed by atoms with van der Waals surface area (Å²) in [6, 6.07) is 27.3. The number of likely N-dealkylation sites (N-methyl/N-ethyl adjacent to an activating group) is 1. The molecular formula is C41H48N6O5. The van der Waals surface area contributed by atoms with Gasteiger partial charge in [0.05, 0.1) is 18.6 Å². The van der Waals surface area contributed by atoms with Gasteiger partial charge in [0.2, 0.25) is 11.8 Å². The number of rotatable bonds is 14. The van der Waals surface area contributed by atoms with Gasteiger partial charge in [-0.15, -0.1) is 0 Å². The second kappa shape index (κ2) is 17.3. The maximum Gasteiger partial charge on any atom is 0.334 e. The Labute approximate surface area is 305 Å². The van der Waals surface area contributed by atoms with E-state index in [4.69, 9.17) is 4.74 Å². The minimum atomic E-state index is -0.816. The maximum atomic E-state index is 14.7. The number of ether oxygens (including phenoxy) is 1. The van der Waals surface area contributed by atoms with Crippen molar-refractivity contribution in [2.45, 2.75) is 77.2 Å². The summed E-state index contributed by atoms with van der Waals surface area (Å²) in [7, 11) is 1.73. The van der Waals surface area contributed by atoms with Gasteiger partial charge in [0.15, 0.2) is 0 Å². The third-order valence-electron chi connectivity index (χ3n) is 10.0. The number of urea groups is 1. The van der Waals surface area contributed by atoms with Crippen molar-refractivity contribution in [3.8, 4) is 5.75 Å². The van der Waals surface area contributed by atoms with Crippen LogP contribution >= 0.6 is 0 Å². The van der Waals surface area contributed by atoms with Crippen molar-refractivity contribution in [3.63, 3.8) is 0 Å². The summed E-state index contributed by atoms with van der Waals surface area (Å²) >= 11 is 0. The van der Waals surface area contributed by atoms with E-state index in [1.165, 1.54) is 0 Å². The molecule has 2 aliphatic heterocycles. The van der Waals surface area contributed by atoms with Crippen LogP contribution < -0.4 is 10.1 Å². The molecule has 1 N–H and O–H groups in total. The van der Waals surface area contributed by atoms with Crippen LogP contribution in [0.5, 0.6) is 5.75 Å². The summed E-state index contributed by atoms with van der Waals surface area (Å²) < 4.78 is 5.59. The third-order valence-corrected chi connectivity index (χ3v) is 10.0. The quantitative estimate of drug-likeness (QED) is 0.0952. The Hall–Kier alpha value is -5.29. The molecule has 0 bridgehead atoms. The SMILES string of the molecule is CCCCCC(CCC(=O)Oc1ccccc1)C[C@H]1C(=O)N(Cc2cccc3cccnc23)CC2N1C(=O)CN(C)N2C(=O)NCc1ccccc1. The summed E-state index contributed by atoms with van der Waals surface area (Å²) in [4.78, 5) is 63.6. The number of para-hydroxylation sites is 2. The number of hydrogen-bond donors (Lipinski definition) is 1. The highest BCUT2D eigenvalue weighted by Gasteiger charge is 2.51. The molecule has 3 heterocycles. The topological polar surface area (TPSA) is 115 Å². The Morgan fingerprint density at radius 3 is 2.44 bits per heavy atom. The summed E-state index contributed by atoms with van der Waals surface area (Å²) in [6.45, 7) is 2.82. The molecule has 1 aromatic heterocycles. The van der Waals surface area contributed by atoms with E-state index >= 15 is 0 Å². The third kappa shape index (κ3) is 8.77. The number of fused-ring (bicyclic) bond motifs is 2. The van der Waals surface area contributed by atoms with Gasteiger partial charge in [-0.25, -0.2) is 14.8 Å². The van der Waals surface area contributed by atoms with Crippen molar-refractivity contribution in [1.29, 1.82) is 0 Å². The molecule has 3 aromatic carbocycles. The number of carbonyl (C=O) groups excluding carboxylic acids is 4. The fourth-order valence-electron chi connectivity index (χ4n) is 7.40. The Bertz CT molecular complexity index is 1830. The van der Waals surface area contributed by atoms with Gasteiger partial charge >= 0.3 is 12.0 Å². The average Bonchev–Trinajstić information content (AvgIpc) is 3.15. The van der Waals surface area contributed by atoms with Crippen LogP contribution in [0, 0.1) is 5.92 Å². The van der Waals surface area contributed by atoms with Crippen LogP contribution in [0.15, 0.2) is 97.2 Å². The van der Waals surface area contributed by atoms with Crippen LogP contribution in [-0.2, 0) is 27.5 Å². The number of piperazine rings is 1. The first-order valence-electron chi connectivity index (χ1n) is 18.3. The number of hydrazine groups is 1. The molecule has 272 valence electrons. The van der Waals surface area contributed by atoms with Gasteiger partial charge in [-0.3, -0.25) is 19.4 Å². The van der Waals surface area contributed by atoms with Crippen molar-refractivity contribution >= 4 is 34.7 Å². The van der Waals surface area contributed by atoms with E-state index in [0.717, 1.165) is 47.7 Å². The molecule has 0 saturated carbocycles. The molecule has 0 radical (unpaired) electrons. The number of nitrogens with one attached hydrogen (secondary N) is 1. The smallest absolute Gasteiger partial charge is 0.334 e. The highest BCUT2D eigenvalue weighted by molar-refractivity contribution is 5.92. The van der Waals surface area contributed by atoms with Crippen molar-refractivity contribution in [3.05, 3.63) is 108 Å². The zero-order valence-electron chi connectivity index (χ0n) is 30.0. The monoisotopic (exact) mass is 704 g/mol. The summed E-state index contributed by atoms with van der Waals surface area (Å²) in [5, 5.41) is 7.23. The normalized spacial score (nSPS) is 18.3. The largest absolute Gasteiger partial charge is 0.427 e. The molecule has 2 fully saturated rings. The fraction of sp³-hybridized carbons (Fsp3) is 0.390. The van der Waals surface area contributed by atoms with Gasteiger partial charge in [0.1, 0.15) is 18.0 Å². The second-order valence-corrected chi connectivity index (χ2v) is 13.7. The lowest BCUT2D eigenvalue weighted by molar-refractivity contribution is -0.188. The van der Waals surface area contributed by atoms with Crippen LogP contribution in [0.1, 0.15) is 63.0 Å². The zero-order chi connectivity index (χ0) is 36.5. The minimum absolute atomic E-state index is 0.0311. The number of esters is 1. The van der Waals surface area contributed by atoms with Gasteiger partial charge in [-0.2, -0.15) is 0 Å². The number of benzene rings is 3. The molecule has 6 rings (SSSR count). The van der Waals surface area contributed by atoms with Crippen LogP contribution in [0.3, 0.4) is 0 Å². The van der Waals surface area contributed by atoms with Gasteiger partial charge in [-0.05, 0) is 48.1 Å². The fourth-order valence-corrected chi connectivity index (χ4v) is 7.40. The average molecular weight is 705 g/mol. The molecule has 4 aromatic rings. The van der Waals surface area contributed by atoms with E-state index in [1.807, 2.05) is 78.9 Å². The van der Waals surface area contributed by atoms with Crippen molar-refractivity contribution < 1.29 is 23.9 Å². The summed E-state index contributed by atoms with van der Waals surface area (Å²) in [5.41, 5.74) is 2.64. The molecule has 2 unspecified atom stereocenters. The lowest BCUT2D eigenvalue weighted by atomic mass is 9.87. The second-order valence-electron chi connectivity index (χ2n) is 13.7. The van der Waals surface area contributed by atoms with Crippen molar-refractivity contribution in [1.82, 2.24) is 30.1 Å². The Morgan fingerprint density at radius 1 is 0.923 bits per heavy atom.